The van der Waals surface area contributed by atoms with E-state index in [2.05, 4.69) is 10.3 Å². The fourth-order valence-corrected chi connectivity index (χ4v) is 2.60. The molecule has 106 valence electrons. The minimum atomic E-state index is -0.252. The van der Waals surface area contributed by atoms with Gasteiger partial charge in [0.25, 0.3) is 0 Å². The summed E-state index contributed by atoms with van der Waals surface area (Å²) >= 11 is 1.51. The van der Waals surface area contributed by atoms with E-state index in [9.17, 15) is 9.18 Å². The number of carbonyl (C=O) groups is 1. The SMILES string of the molecule is CCCNC(=O)CCc1csc(-c2ccc(F)cc2)n1. The topological polar surface area (TPSA) is 42.0 Å². The number of aryl methyl sites for hydroxylation is 1. The number of hydrogen-bond donors (Lipinski definition) is 1. The molecule has 0 aliphatic heterocycles. The van der Waals surface area contributed by atoms with Crippen molar-refractivity contribution < 1.29 is 9.18 Å². The molecule has 1 aromatic heterocycles. The minimum Gasteiger partial charge on any atom is -0.356 e. The Bertz CT molecular complexity index is 566. The maximum Gasteiger partial charge on any atom is 0.220 e. The van der Waals surface area contributed by atoms with Crippen molar-refractivity contribution in [1.29, 1.82) is 0 Å². The summed E-state index contributed by atoms with van der Waals surface area (Å²) in [4.78, 5) is 16.0. The highest BCUT2D eigenvalue weighted by Gasteiger charge is 2.07. The van der Waals surface area contributed by atoms with Crippen LogP contribution in [-0.4, -0.2) is 17.4 Å². The highest BCUT2D eigenvalue weighted by Crippen LogP contribution is 2.24. The first-order valence-electron chi connectivity index (χ1n) is 6.66. The maximum atomic E-state index is 12.9. The smallest absolute Gasteiger partial charge is 0.220 e. The first-order valence-corrected chi connectivity index (χ1v) is 7.54. The Kier molecular flexibility index (Phi) is 5.24. The Balaban J connectivity index is 1.92. The van der Waals surface area contributed by atoms with Crippen LogP contribution in [0.3, 0.4) is 0 Å². The van der Waals surface area contributed by atoms with Gasteiger partial charge in [0.2, 0.25) is 5.91 Å². The quantitative estimate of drug-likeness (QED) is 0.886. The molecule has 0 saturated heterocycles. The van der Waals surface area contributed by atoms with Crippen LogP contribution in [0.4, 0.5) is 4.39 Å². The van der Waals surface area contributed by atoms with E-state index in [0.717, 1.165) is 29.2 Å². The molecule has 0 aliphatic carbocycles. The summed E-state index contributed by atoms with van der Waals surface area (Å²) in [7, 11) is 0. The second-order valence-electron chi connectivity index (χ2n) is 4.50. The number of carbonyl (C=O) groups excluding carboxylic acids is 1. The Labute approximate surface area is 121 Å². The normalized spacial score (nSPS) is 10.5. The number of amides is 1. The van der Waals surface area contributed by atoms with Crippen molar-refractivity contribution in [3.8, 4) is 10.6 Å². The Morgan fingerprint density at radius 1 is 1.35 bits per heavy atom. The van der Waals surface area contributed by atoms with Gasteiger partial charge in [-0.05, 0) is 37.1 Å². The Morgan fingerprint density at radius 2 is 2.10 bits per heavy atom. The van der Waals surface area contributed by atoms with Gasteiger partial charge in [-0.25, -0.2) is 9.37 Å². The Hall–Kier alpha value is -1.75. The van der Waals surface area contributed by atoms with Crippen molar-refractivity contribution in [3.63, 3.8) is 0 Å². The van der Waals surface area contributed by atoms with Crippen molar-refractivity contribution in [1.82, 2.24) is 10.3 Å². The predicted molar refractivity (Wildman–Crippen MR) is 79.1 cm³/mol. The van der Waals surface area contributed by atoms with E-state index in [4.69, 9.17) is 0 Å². The van der Waals surface area contributed by atoms with E-state index in [0.29, 0.717) is 12.8 Å². The number of halogens is 1. The lowest BCUT2D eigenvalue weighted by Gasteiger charge is -2.01. The second kappa shape index (κ2) is 7.14. The molecule has 2 aromatic rings. The molecule has 1 N–H and O–H groups in total. The molecule has 1 amide bonds. The third-order valence-corrected chi connectivity index (χ3v) is 3.76. The average molecular weight is 292 g/mol. The van der Waals surface area contributed by atoms with Crippen molar-refractivity contribution in [3.05, 3.63) is 41.2 Å². The van der Waals surface area contributed by atoms with Gasteiger partial charge in [0.15, 0.2) is 0 Å². The van der Waals surface area contributed by atoms with Crippen LogP contribution in [-0.2, 0) is 11.2 Å². The second-order valence-corrected chi connectivity index (χ2v) is 5.36. The minimum absolute atomic E-state index is 0.0585. The average Bonchev–Trinajstić information content (AvgIpc) is 2.92. The fourth-order valence-electron chi connectivity index (χ4n) is 1.74. The van der Waals surface area contributed by atoms with E-state index in [1.165, 1.54) is 23.5 Å². The van der Waals surface area contributed by atoms with Crippen LogP contribution in [0.15, 0.2) is 29.6 Å². The zero-order valence-corrected chi connectivity index (χ0v) is 12.2. The first-order chi connectivity index (χ1) is 9.69. The summed E-state index contributed by atoms with van der Waals surface area (Å²) < 4.78 is 12.9. The molecule has 0 unspecified atom stereocenters. The van der Waals surface area contributed by atoms with Gasteiger partial charge in [0.05, 0.1) is 5.69 Å². The summed E-state index contributed by atoms with van der Waals surface area (Å²) in [5.74, 6) is -0.193. The summed E-state index contributed by atoms with van der Waals surface area (Å²) in [6.45, 7) is 2.74. The summed E-state index contributed by atoms with van der Waals surface area (Å²) in [5.41, 5.74) is 1.80. The number of rotatable bonds is 6. The molecule has 0 aliphatic rings. The summed E-state index contributed by atoms with van der Waals surface area (Å²) in [6, 6.07) is 6.28. The standard InChI is InChI=1S/C15H17FN2OS/c1-2-9-17-14(19)8-7-13-10-20-15(18-13)11-3-5-12(16)6-4-11/h3-6,10H,2,7-9H2,1H3,(H,17,19). The molecule has 0 radical (unpaired) electrons. The fraction of sp³-hybridized carbons (Fsp3) is 0.333. The number of nitrogens with zero attached hydrogens (tertiary/aromatic N) is 1. The van der Waals surface area contributed by atoms with Crippen LogP contribution in [0.25, 0.3) is 10.6 Å². The molecule has 1 heterocycles. The zero-order chi connectivity index (χ0) is 14.4. The summed E-state index contributed by atoms with van der Waals surface area (Å²) in [6.07, 6.45) is 2.02. The van der Waals surface area contributed by atoms with Crippen molar-refractivity contribution in [2.75, 3.05) is 6.54 Å². The molecule has 3 nitrogen and oxygen atoms in total. The van der Waals surface area contributed by atoms with Crippen LogP contribution in [0.2, 0.25) is 0 Å². The van der Waals surface area contributed by atoms with E-state index < -0.39 is 0 Å². The van der Waals surface area contributed by atoms with Crippen LogP contribution in [0, 0.1) is 5.82 Å². The number of aromatic nitrogens is 1. The van der Waals surface area contributed by atoms with Crippen LogP contribution >= 0.6 is 11.3 Å². The maximum absolute atomic E-state index is 12.9. The van der Waals surface area contributed by atoms with Gasteiger partial charge >= 0.3 is 0 Å². The predicted octanol–water partition coefficient (Wildman–Crippen LogP) is 3.41. The molecule has 5 heteroatoms. The number of hydrogen-bond acceptors (Lipinski definition) is 3. The zero-order valence-electron chi connectivity index (χ0n) is 11.4. The van der Waals surface area contributed by atoms with E-state index in [1.807, 2.05) is 12.3 Å². The third-order valence-electron chi connectivity index (χ3n) is 2.82. The van der Waals surface area contributed by atoms with Gasteiger partial charge in [-0.2, -0.15) is 0 Å². The number of nitrogens with one attached hydrogen (secondary N) is 1. The molecular formula is C15H17FN2OS. The van der Waals surface area contributed by atoms with Gasteiger partial charge < -0.3 is 5.32 Å². The number of benzene rings is 1. The van der Waals surface area contributed by atoms with Gasteiger partial charge in [-0.3, -0.25) is 4.79 Å². The van der Waals surface area contributed by atoms with Crippen LogP contribution in [0.5, 0.6) is 0 Å². The van der Waals surface area contributed by atoms with Gasteiger partial charge in [0, 0.05) is 23.9 Å². The number of thiazole rings is 1. The lowest BCUT2D eigenvalue weighted by atomic mass is 10.2. The van der Waals surface area contributed by atoms with Gasteiger partial charge in [-0.15, -0.1) is 11.3 Å². The third kappa shape index (κ3) is 4.13. The van der Waals surface area contributed by atoms with Crippen LogP contribution < -0.4 is 5.32 Å². The largest absolute Gasteiger partial charge is 0.356 e. The van der Waals surface area contributed by atoms with E-state index in [-0.39, 0.29) is 11.7 Å². The monoisotopic (exact) mass is 292 g/mol. The van der Waals surface area contributed by atoms with Crippen molar-refractivity contribution >= 4 is 17.2 Å². The van der Waals surface area contributed by atoms with Crippen molar-refractivity contribution in [2.24, 2.45) is 0 Å². The highest BCUT2D eigenvalue weighted by atomic mass is 32.1. The van der Waals surface area contributed by atoms with Gasteiger partial charge in [-0.1, -0.05) is 6.92 Å². The van der Waals surface area contributed by atoms with Crippen LogP contribution in [0.1, 0.15) is 25.5 Å². The molecule has 0 saturated carbocycles. The molecule has 20 heavy (non-hydrogen) atoms. The molecule has 0 fully saturated rings. The Morgan fingerprint density at radius 3 is 2.80 bits per heavy atom. The lowest BCUT2D eigenvalue weighted by molar-refractivity contribution is -0.121. The molecular weight excluding hydrogens is 275 g/mol. The molecule has 0 atom stereocenters. The molecule has 1 aromatic carbocycles. The molecule has 0 spiro atoms. The summed E-state index contributed by atoms with van der Waals surface area (Å²) in [5, 5.41) is 5.65. The molecule has 2 rings (SSSR count). The lowest BCUT2D eigenvalue weighted by Crippen LogP contribution is -2.24. The highest BCUT2D eigenvalue weighted by molar-refractivity contribution is 7.13. The van der Waals surface area contributed by atoms with Gasteiger partial charge in [0.1, 0.15) is 10.8 Å². The molecule has 0 bridgehead atoms. The van der Waals surface area contributed by atoms with Crippen molar-refractivity contribution in [2.45, 2.75) is 26.2 Å². The van der Waals surface area contributed by atoms with E-state index >= 15 is 0 Å². The van der Waals surface area contributed by atoms with E-state index in [1.54, 1.807) is 12.1 Å². The first kappa shape index (κ1) is 14.7.